The van der Waals surface area contributed by atoms with E-state index in [0.29, 0.717) is 12.4 Å². The smallest absolute Gasteiger partial charge is 0.164 e. The van der Waals surface area contributed by atoms with Crippen LogP contribution < -0.4 is 5.73 Å². The lowest BCUT2D eigenvalue weighted by molar-refractivity contribution is 0.672. The number of rotatable bonds is 3. The van der Waals surface area contributed by atoms with E-state index in [4.69, 9.17) is 5.73 Å². The molecular weight excluding hydrogens is 212 g/mol. The summed E-state index contributed by atoms with van der Waals surface area (Å²) in [6, 6.07) is 10.1. The Morgan fingerprint density at radius 1 is 1.20 bits per heavy atom. The summed E-state index contributed by atoms with van der Waals surface area (Å²) in [7, 11) is 0. The number of nitrogens with zero attached hydrogens (tertiary/aromatic N) is 3. The Balaban J connectivity index is 0.00000112. The third-order valence-corrected chi connectivity index (χ3v) is 1.95. The van der Waals surface area contributed by atoms with Crippen LogP contribution in [0.5, 0.6) is 0 Å². The van der Waals surface area contributed by atoms with Crippen molar-refractivity contribution in [3.63, 3.8) is 0 Å². The molecule has 2 aromatic rings. The maximum atomic E-state index is 5.42. The van der Waals surface area contributed by atoms with E-state index in [-0.39, 0.29) is 12.4 Å². The molecule has 0 saturated carbocycles. The summed E-state index contributed by atoms with van der Waals surface area (Å²) in [5.74, 6) is 0.681. The molecule has 1 aromatic carbocycles. The molecule has 2 rings (SSSR count). The van der Waals surface area contributed by atoms with Gasteiger partial charge in [-0.05, 0) is 5.56 Å². The lowest BCUT2D eigenvalue weighted by Crippen LogP contribution is -2.03. The summed E-state index contributed by atoms with van der Waals surface area (Å²) in [5.41, 5.74) is 6.63. The molecule has 0 unspecified atom stereocenters. The van der Waals surface area contributed by atoms with Crippen LogP contribution in [0.25, 0.3) is 0 Å². The molecule has 0 fully saturated rings. The van der Waals surface area contributed by atoms with Crippen LogP contribution >= 0.6 is 12.4 Å². The zero-order chi connectivity index (χ0) is 9.80. The van der Waals surface area contributed by atoms with E-state index in [1.54, 1.807) is 11.0 Å². The van der Waals surface area contributed by atoms with Crippen LogP contribution in [0.1, 0.15) is 11.4 Å². The summed E-state index contributed by atoms with van der Waals surface area (Å²) in [6.45, 7) is 1.13. The number of halogens is 1. The minimum absolute atomic E-state index is 0. The fourth-order valence-corrected chi connectivity index (χ4v) is 1.27. The third-order valence-electron chi connectivity index (χ3n) is 1.95. The molecule has 0 saturated heterocycles. The van der Waals surface area contributed by atoms with E-state index in [2.05, 4.69) is 22.2 Å². The monoisotopic (exact) mass is 224 g/mol. The zero-order valence-corrected chi connectivity index (χ0v) is 9.02. The predicted molar refractivity (Wildman–Crippen MR) is 60.7 cm³/mol. The standard InChI is InChI=1S/C10H12N4.ClH/c11-6-10-12-8-14(13-10)7-9-4-2-1-3-5-9;/h1-5,8H,6-7,11H2;1H. The topological polar surface area (TPSA) is 56.7 Å². The molecule has 0 bridgehead atoms. The first-order chi connectivity index (χ1) is 6.88. The first kappa shape index (κ1) is 11.7. The van der Waals surface area contributed by atoms with Crippen molar-refractivity contribution in [3.05, 3.63) is 48.0 Å². The van der Waals surface area contributed by atoms with Crippen LogP contribution in [0.4, 0.5) is 0 Å². The van der Waals surface area contributed by atoms with Crippen LogP contribution in [0.3, 0.4) is 0 Å². The van der Waals surface area contributed by atoms with Gasteiger partial charge in [0.25, 0.3) is 0 Å². The van der Waals surface area contributed by atoms with Crippen molar-refractivity contribution in [3.8, 4) is 0 Å². The molecule has 2 N–H and O–H groups in total. The Hall–Kier alpha value is -1.39. The zero-order valence-electron chi connectivity index (χ0n) is 8.21. The number of nitrogens with two attached hydrogens (primary N) is 1. The van der Waals surface area contributed by atoms with E-state index in [1.165, 1.54) is 5.56 Å². The highest BCUT2D eigenvalue weighted by atomic mass is 35.5. The van der Waals surface area contributed by atoms with E-state index in [9.17, 15) is 0 Å². The van der Waals surface area contributed by atoms with Gasteiger partial charge >= 0.3 is 0 Å². The van der Waals surface area contributed by atoms with E-state index in [1.807, 2.05) is 18.2 Å². The van der Waals surface area contributed by atoms with Crippen LogP contribution in [0.2, 0.25) is 0 Å². The average molecular weight is 225 g/mol. The van der Waals surface area contributed by atoms with Gasteiger partial charge in [0.2, 0.25) is 0 Å². The summed E-state index contributed by atoms with van der Waals surface area (Å²) in [4.78, 5) is 4.06. The Kier molecular flexibility index (Phi) is 4.27. The largest absolute Gasteiger partial charge is 0.324 e. The lowest BCUT2D eigenvalue weighted by Gasteiger charge is -1.99. The number of aromatic nitrogens is 3. The van der Waals surface area contributed by atoms with E-state index >= 15 is 0 Å². The number of hydrogen-bond acceptors (Lipinski definition) is 3. The predicted octanol–water partition coefficient (Wildman–Crippen LogP) is 1.21. The highest BCUT2D eigenvalue weighted by Crippen LogP contribution is 2.00. The molecule has 0 radical (unpaired) electrons. The minimum Gasteiger partial charge on any atom is -0.324 e. The van der Waals surface area contributed by atoms with Gasteiger partial charge in [-0.15, -0.1) is 12.4 Å². The van der Waals surface area contributed by atoms with Crippen LogP contribution in [0.15, 0.2) is 36.7 Å². The normalized spacial score (nSPS) is 9.67. The van der Waals surface area contributed by atoms with Crippen molar-refractivity contribution < 1.29 is 0 Å². The van der Waals surface area contributed by atoms with Gasteiger partial charge in [0.15, 0.2) is 5.82 Å². The van der Waals surface area contributed by atoms with Gasteiger partial charge in [-0.2, -0.15) is 5.10 Å². The molecule has 0 spiro atoms. The van der Waals surface area contributed by atoms with Crippen LogP contribution in [0, 0.1) is 0 Å². The van der Waals surface area contributed by atoms with Crippen molar-refractivity contribution in [2.24, 2.45) is 5.73 Å². The maximum Gasteiger partial charge on any atom is 0.164 e. The van der Waals surface area contributed by atoms with Gasteiger partial charge in [0, 0.05) is 0 Å². The average Bonchev–Trinajstić information content (AvgIpc) is 2.67. The molecule has 1 heterocycles. The molecule has 0 aliphatic rings. The molecule has 0 aliphatic carbocycles. The number of benzene rings is 1. The van der Waals surface area contributed by atoms with Crippen LogP contribution in [-0.2, 0) is 13.1 Å². The van der Waals surface area contributed by atoms with Crippen molar-refractivity contribution in [2.45, 2.75) is 13.1 Å². The van der Waals surface area contributed by atoms with Gasteiger partial charge in [-0.25, -0.2) is 9.67 Å². The molecule has 0 atom stereocenters. The lowest BCUT2D eigenvalue weighted by atomic mass is 10.2. The fraction of sp³-hybridized carbons (Fsp3) is 0.200. The maximum absolute atomic E-state index is 5.42. The molecule has 5 heteroatoms. The minimum atomic E-state index is 0. The van der Waals surface area contributed by atoms with Gasteiger partial charge in [0.1, 0.15) is 6.33 Å². The summed E-state index contributed by atoms with van der Waals surface area (Å²) in [6.07, 6.45) is 1.70. The van der Waals surface area contributed by atoms with Gasteiger partial charge in [0.05, 0.1) is 13.1 Å². The van der Waals surface area contributed by atoms with Gasteiger partial charge in [-0.3, -0.25) is 0 Å². The Morgan fingerprint density at radius 2 is 1.93 bits per heavy atom. The summed E-state index contributed by atoms with van der Waals surface area (Å²) < 4.78 is 1.79. The summed E-state index contributed by atoms with van der Waals surface area (Å²) >= 11 is 0. The van der Waals surface area contributed by atoms with Crippen molar-refractivity contribution in [1.82, 2.24) is 14.8 Å². The third kappa shape index (κ3) is 3.04. The highest BCUT2D eigenvalue weighted by Gasteiger charge is 1.98. The Labute approximate surface area is 94.5 Å². The molecule has 1 aromatic heterocycles. The molecule has 4 nitrogen and oxygen atoms in total. The molecule has 0 aliphatic heterocycles. The van der Waals surface area contributed by atoms with Crippen LogP contribution in [-0.4, -0.2) is 14.8 Å². The van der Waals surface area contributed by atoms with Gasteiger partial charge < -0.3 is 5.73 Å². The Morgan fingerprint density at radius 3 is 2.53 bits per heavy atom. The second-order valence-electron chi connectivity index (χ2n) is 3.05. The SMILES string of the molecule is Cl.NCc1ncn(Cc2ccccc2)n1. The molecule has 15 heavy (non-hydrogen) atoms. The molecule has 80 valence electrons. The first-order valence-electron chi connectivity index (χ1n) is 4.51. The fourth-order valence-electron chi connectivity index (χ4n) is 1.27. The van der Waals surface area contributed by atoms with E-state index < -0.39 is 0 Å². The molecule has 0 amide bonds. The second-order valence-corrected chi connectivity index (χ2v) is 3.05. The quantitative estimate of drug-likeness (QED) is 0.853. The highest BCUT2D eigenvalue weighted by molar-refractivity contribution is 5.85. The van der Waals surface area contributed by atoms with Crippen molar-refractivity contribution >= 4 is 12.4 Å². The van der Waals surface area contributed by atoms with E-state index in [0.717, 1.165) is 6.54 Å². The van der Waals surface area contributed by atoms with Crippen molar-refractivity contribution in [2.75, 3.05) is 0 Å². The number of hydrogen-bond donors (Lipinski definition) is 1. The summed E-state index contributed by atoms with van der Waals surface area (Å²) in [5, 5.41) is 4.20. The Bertz CT molecular complexity index is 399. The van der Waals surface area contributed by atoms with Gasteiger partial charge in [-0.1, -0.05) is 30.3 Å². The second kappa shape index (κ2) is 5.48. The first-order valence-corrected chi connectivity index (χ1v) is 4.51. The van der Waals surface area contributed by atoms with Crippen molar-refractivity contribution in [1.29, 1.82) is 0 Å². The molecular formula is C10H13ClN4.